The second kappa shape index (κ2) is 5.29. The Kier molecular flexibility index (Phi) is 3.49. The van der Waals surface area contributed by atoms with Crippen LogP contribution in [-0.4, -0.2) is 15.8 Å². The molecule has 0 unspecified atom stereocenters. The molecule has 4 heteroatoms. The molecule has 3 rings (SSSR count). The van der Waals surface area contributed by atoms with Crippen molar-refractivity contribution < 1.29 is 0 Å². The van der Waals surface area contributed by atoms with Gasteiger partial charge in [-0.1, -0.05) is 12.1 Å². The van der Waals surface area contributed by atoms with Gasteiger partial charge in [-0.15, -0.1) is 0 Å². The highest BCUT2D eigenvalue weighted by molar-refractivity contribution is 5.50. The quantitative estimate of drug-likeness (QED) is 0.907. The second-order valence-electron chi connectivity index (χ2n) is 5.63. The zero-order valence-corrected chi connectivity index (χ0v) is 12.2. The van der Waals surface area contributed by atoms with Crippen LogP contribution in [0.3, 0.4) is 0 Å². The molecular weight excluding hydrogens is 248 g/mol. The molecule has 2 N–H and O–H groups in total. The Bertz CT molecular complexity index is 581. The molecule has 2 aromatic rings. The molecule has 1 heterocycles. The molecule has 0 amide bonds. The summed E-state index contributed by atoms with van der Waals surface area (Å²) >= 11 is 0. The first-order valence-corrected chi connectivity index (χ1v) is 7.22. The highest BCUT2D eigenvalue weighted by atomic mass is 15.3. The number of hydrogen-bond donors (Lipinski definition) is 1. The van der Waals surface area contributed by atoms with E-state index in [2.05, 4.69) is 40.3 Å². The third-order valence-corrected chi connectivity index (χ3v) is 3.92. The van der Waals surface area contributed by atoms with E-state index in [-0.39, 0.29) is 0 Å². The molecular formula is C16H22N4. The zero-order valence-electron chi connectivity index (χ0n) is 12.2. The van der Waals surface area contributed by atoms with Gasteiger partial charge in [-0.2, -0.15) is 5.10 Å². The molecule has 0 atom stereocenters. The maximum Gasteiger partial charge on any atom is 0.0602 e. The lowest BCUT2D eigenvalue weighted by Gasteiger charge is -2.25. The molecule has 1 aromatic heterocycles. The average Bonchev–Trinajstić information content (AvgIpc) is 3.23. The van der Waals surface area contributed by atoms with Crippen molar-refractivity contribution in [1.82, 2.24) is 9.78 Å². The highest BCUT2D eigenvalue weighted by Crippen LogP contribution is 2.33. The number of hydrogen-bond acceptors (Lipinski definition) is 3. The molecule has 1 aromatic carbocycles. The number of aromatic nitrogens is 2. The van der Waals surface area contributed by atoms with Crippen LogP contribution in [-0.2, 0) is 20.1 Å². The largest absolute Gasteiger partial charge is 0.363 e. The smallest absolute Gasteiger partial charge is 0.0602 e. The number of anilines is 1. The molecule has 0 radical (unpaired) electrons. The number of nitrogens with two attached hydrogens (primary N) is 1. The minimum Gasteiger partial charge on any atom is -0.363 e. The van der Waals surface area contributed by atoms with Crippen LogP contribution in [0.1, 0.15) is 29.8 Å². The van der Waals surface area contributed by atoms with Crippen LogP contribution in [0.15, 0.2) is 30.3 Å². The fraction of sp³-hybridized carbons (Fsp3) is 0.438. The molecule has 1 saturated carbocycles. The summed E-state index contributed by atoms with van der Waals surface area (Å²) in [6.45, 7) is 3.57. The minimum absolute atomic E-state index is 0.602. The van der Waals surface area contributed by atoms with Gasteiger partial charge in [-0.3, -0.25) is 4.68 Å². The van der Waals surface area contributed by atoms with Crippen molar-refractivity contribution in [3.8, 4) is 0 Å². The Morgan fingerprint density at radius 2 is 2.00 bits per heavy atom. The normalized spacial score (nSPS) is 14.6. The second-order valence-corrected chi connectivity index (χ2v) is 5.63. The van der Waals surface area contributed by atoms with Gasteiger partial charge in [0.2, 0.25) is 0 Å². The van der Waals surface area contributed by atoms with Crippen LogP contribution in [0.4, 0.5) is 5.69 Å². The van der Waals surface area contributed by atoms with Crippen molar-refractivity contribution >= 4 is 5.69 Å². The van der Waals surface area contributed by atoms with Crippen molar-refractivity contribution in [1.29, 1.82) is 0 Å². The summed E-state index contributed by atoms with van der Waals surface area (Å²) in [5.74, 6) is 0. The van der Waals surface area contributed by atoms with Gasteiger partial charge >= 0.3 is 0 Å². The summed E-state index contributed by atoms with van der Waals surface area (Å²) in [6.07, 6.45) is 2.57. The van der Waals surface area contributed by atoms with E-state index in [4.69, 9.17) is 5.73 Å². The monoisotopic (exact) mass is 270 g/mol. The van der Waals surface area contributed by atoms with Crippen LogP contribution in [0.2, 0.25) is 0 Å². The van der Waals surface area contributed by atoms with Gasteiger partial charge in [0.25, 0.3) is 0 Å². The first kappa shape index (κ1) is 13.2. The molecule has 0 saturated heterocycles. The predicted octanol–water partition coefficient (Wildman–Crippen LogP) is 2.36. The fourth-order valence-electron chi connectivity index (χ4n) is 2.63. The number of rotatable bonds is 5. The van der Waals surface area contributed by atoms with Gasteiger partial charge in [0.15, 0.2) is 0 Å². The molecule has 1 aliphatic rings. The molecule has 0 aliphatic heterocycles. The summed E-state index contributed by atoms with van der Waals surface area (Å²) in [6, 6.07) is 11.5. The van der Waals surface area contributed by atoms with Crippen molar-refractivity contribution in [3.63, 3.8) is 0 Å². The molecule has 1 aliphatic carbocycles. The summed E-state index contributed by atoms with van der Waals surface area (Å²) in [5.41, 5.74) is 10.5. The molecule has 20 heavy (non-hydrogen) atoms. The van der Waals surface area contributed by atoms with Crippen LogP contribution < -0.4 is 10.6 Å². The molecule has 0 spiro atoms. The van der Waals surface area contributed by atoms with E-state index in [0.29, 0.717) is 12.6 Å². The van der Waals surface area contributed by atoms with E-state index in [1.807, 2.05) is 18.7 Å². The molecule has 1 fully saturated rings. The summed E-state index contributed by atoms with van der Waals surface area (Å²) in [5, 5.41) is 4.44. The zero-order chi connectivity index (χ0) is 14.1. The first-order valence-electron chi connectivity index (χ1n) is 7.22. The average molecular weight is 270 g/mol. The van der Waals surface area contributed by atoms with Gasteiger partial charge in [-0.25, -0.2) is 0 Å². The maximum absolute atomic E-state index is 5.67. The highest BCUT2D eigenvalue weighted by Gasteiger charge is 2.29. The Balaban J connectivity index is 1.83. The fourth-order valence-corrected chi connectivity index (χ4v) is 2.63. The predicted molar refractivity (Wildman–Crippen MR) is 81.5 cm³/mol. The standard InChI is InChI=1S/C16H22N4/c1-12-9-16(19(2)18-12)11-20(15-7-8-15)14-5-3-13(10-17)4-6-14/h3-6,9,15H,7-8,10-11,17H2,1-2H3. The van der Waals surface area contributed by atoms with Crippen molar-refractivity contribution in [2.45, 2.75) is 38.9 Å². The lowest BCUT2D eigenvalue weighted by atomic mass is 10.2. The van der Waals surface area contributed by atoms with Gasteiger partial charge in [-0.05, 0) is 43.5 Å². The first-order chi connectivity index (χ1) is 9.67. The van der Waals surface area contributed by atoms with Crippen LogP contribution in [0.5, 0.6) is 0 Å². The Morgan fingerprint density at radius 1 is 1.30 bits per heavy atom. The third-order valence-electron chi connectivity index (χ3n) is 3.92. The molecule has 106 valence electrons. The summed E-state index contributed by atoms with van der Waals surface area (Å²) in [4.78, 5) is 2.48. The number of nitrogens with zero attached hydrogens (tertiary/aromatic N) is 3. The van der Waals surface area contributed by atoms with E-state index >= 15 is 0 Å². The van der Waals surface area contributed by atoms with Crippen molar-refractivity contribution in [2.75, 3.05) is 4.90 Å². The van der Waals surface area contributed by atoms with E-state index in [1.54, 1.807) is 0 Å². The van der Waals surface area contributed by atoms with Gasteiger partial charge in [0, 0.05) is 25.3 Å². The minimum atomic E-state index is 0.602. The van der Waals surface area contributed by atoms with Crippen LogP contribution >= 0.6 is 0 Å². The van der Waals surface area contributed by atoms with Gasteiger partial charge < -0.3 is 10.6 Å². The van der Waals surface area contributed by atoms with E-state index in [0.717, 1.165) is 12.2 Å². The van der Waals surface area contributed by atoms with Crippen molar-refractivity contribution in [2.24, 2.45) is 12.8 Å². The van der Waals surface area contributed by atoms with E-state index in [1.165, 1.54) is 29.8 Å². The Morgan fingerprint density at radius 3 is 2.50 bits per heavy atom. The van der Waals surface area contributed by atoms with Crippen LogP contribution in [0.25, 0.3) is 0 Å². The topological polar surface area (TPSA) is 47.1 Å². The lowest BCUT2D eigenvalue weighted by Crippen LogP contribution is -2.26. The van der Waals surface area contributed by atoms with Gasteiger partial charge in [0.1, 0.15) is 0 Å². The summed E-state index contributed by atoms with van der Waals surface area (Å²) in [7, 11) is 2.02. The van der Waals surface area contributed by atoms with E-state index < -0.39 is 0 Å². The van der Waals surface area contributed by atoms with E-state index in [9.17, 15) is 0 Å². The Hall–Kier alpha value is -1.81. The number of benzene rings is 1. The lowest BCUT2D eigenvalue weighted by molar-refractivity contribution is 0.673. The number of aryl methyl sites for hydroxylation is 2. The molecule has 4 nitrogen and oxygen atoms in total. The summed E-state index contributed by atoms with van der Waals surface area (Å²) < 4.78 is 1.99. The molecule has 0 bridgehead atoms. The maximum atomic E-state index is 5.67. The SMILES string of the molecule is Cc1cc(CN(c2ccc(CN)cc2)C2CC2)n(C)n1. The van der Waals surface area contributed by atoms with Gasteiger partial charge in [0.05, 0.1) is 17.9 Å². The van der Waals surface area contributed by atoms with Crippen LogP contribution in [0, 0.1) is 6.92 Å². The third kappa shape index (κ3) is 2.70. The Labute approximate surface area is 120 Å². The van der Waals surface area contributed by atoms with Crippen molar-refractivity contribution in [3.05, 3.63) is 47.3 Å².